The largest absolute Gasteiger partial charge is 0.311 e. The van der Waals surface area contributed by atoms with Crippen LogP contribution in [0.4, 0.5) is 0 Å². The molecule has 88 valence electrons. The van der Waals surface area contributed by atoms with Crippen LogP contribution < -0.4 is 5.32 Å². The molecule has 1 saturated carbocycles. The maximum atomic E-state index is 4.16. The lowest BCUT2D eigenvalue weighted by Crippen LogP contribution is -2.16. The van der Waals surface area contributed by atoms with Gasteiger partial charge in [-0.15, -0.1) is 5.10 Å². The van der Waals surface area contributed by atoms with Crippen molar-refractivity contribution in [2.75, 3.05) is 6.54 Å². The van der Waals surface area contributed by atoms with E-state index >= 15 is 0 Å². The Kier molecular flexibility index (Phi) is 2.88. The molecule has 1 fully saturated rings. The van der Waals surface area contributed by atoms with E-state index in [0.717, 1.165) is 30.4 Å². The molecule has 0 aliphatic heterocycles. The van der Waals surface area contributed by atoms with Gasteiger partial charge >= 0.3 is 0 Å². The molecule has 1 aromatic carbocycles. The monoisotopic (exact) mass is 228 g/mol. The number of hydrogen-bond acceptors (Lipinski definition) is 3. The molecule has 0 bridgehead atoms. The third-order valence-corrected chi connectivity index (χ3v) is 3.00. The molecule has 1 N–H and O–H groups in total. The van der Waals surface area contributed by atoms with Gasteiger partial charge in [0.25, 0.3) is 0 Å². The van der Waals surface area contributed by atoms with Gasteiger partial charge in [0.1, 0.15) is 0 Å². The number of aromatic nitrogens is 3. The third kappa shape index (κ3) is 2.71. The highest BCUT2D eigenvalue weighted by atomic mass is 15.4. The van der Waals surface area contributed by atoms with E-state index in [1.165, 1.54) is 12.8 Å². The summed E-state index contributed by atoms with van der Waals surface area (Å²) in [5, 5.41) is 11.7. The standard InChI is InChI=1S/C13H16N4/c1-2-4-13(5-3-1)17-10-12(15-16-17)9-14-8-11-6-7-11/h1-5,10-11,14H,6-9H2. The third-order valence-electron chi connectivity index (χ3n) is 3.00. The van der Waals surface area contributed by atoms with Crippen molar-refractivity contribution in [2.45, 2.75) is 19.4 Å². The van der Waals surface area contributed by atoms with Gasteiger partial charge in [0, 0.05) is 6.54 Å². The Morgan fingerprint density at radius 1 is 1.24 bits per heavy atom. The first-order valence-electron chi connectivity index (χ1n) is 6.09. The average Bonchev–Trinajstić information content (AvgIpc) is 3.07. The van der Waals surface area contributed by atoms with Crippen molar-refractivity contribution in [1.82, 2.24) is 20.3 Å². The summed E-state index contributed by atoms with van der Waals surface area (Å²) in [6.07, 6.45) is 4.74. The predicted octanol–water partition coefficient (Wildman–Crippen LogP) is 1.77. The second-order valence-electron chi connectivity index (χ2n) is 4.56. The molecule has 17 heavy (non-hydrogen) atoms. The first-order chi connectivity index (χ1) is 8.42. The number of nitrogens with zero attached hydrogens (tertiary/aromatic N) is 3. The zero-order chi connectivity index (χ0) is 11.5. The van der Waals surface area contributed by atoms with Gasteiger partial charge in [-0.3, -0.25) is 0 Å². The summed E-state index contributed by atoms with van der Waals surface area (Å²) in [7, 11) is 0. The molecular weight excluding hydrogens is 212 g/mol. The molecule has 0 spiro atoms. The Labute approximate surface area is 101 Å². The van der Waals surface area contributed by atoms with E-state index in [2.05, 4.69) is 15.6 Å². The van der Waals surface area contributed by atoms with Gasteiger partial charge in [-0.25, -0.2) is 4.68 Å². The average molecular weight is 228 g/mol. The minimum Gasteiger partial charge on any atom is -0.311 e. The van der Waals surface area contributed by atoms with Crippen molar-refractivity contribution < 1.29 is 0 Å². The van der Waals surface area contributed by atoms with Crippen LogP contribution in [0.2, 0.25) is 0 Å². The molecule has 1 aliphatic rings. The fourth-order valence-corrected chi connectivity index (χ4v) is 1.81. The smallest absolute Gasteiger partial charge is 0.0969 e. The highest BCUT2D eigenvalue weighted by Gasteiger charge is 2.20. The molecule has 2 aromatic rings. The number of benzene rings is 1. The van der Waals surface area contributed by atoms with Crippen LogP contribution in [-0.4, -0.2) is 21.5 Å². The maximum Gasteiger partial charge on any atom is 0.0969 e. The minimum absolute atomic E-state index is 0.809. The second-order valence-corrected chi connectivity index (χ2v) is 4.56. The Balaban J connectivity index is 1.61. The molecule has 0 radical (unpaired) electrons. The molecule has 0 atom stereocenters. The summed E-state index contributed by atoms with van der Waals surface area (Å²) in [5.74, 6) is 0.902. The zero-order valence-corrected chi connectivity index (χ0v) is 9.71. The Morgan fingerprint density at radius 3 is 2.82 bits per heavy atom. The lowest BCUT2D eigenvalue weighted by Gasteiger charge is -1.99. The van der Waals surface area contributed by atoms with Crippen LogP contribution in [0.5, 0.6) is 0 Å². The van der Waals surface area contributed by atoms with Crippen LogP contribution in [0.1, 0.15) is 18.5 Å². The lowest BCUT2D eigenvalue weighted by molar-refractivity contribution is 0.628. The van der Waals surface area contributed by atoms with Crippen molar-refractivity contribution in [3.8, 4) is 5.69 Å². The topological polar surface area (TPSA) is 42.7 Å². The van der Waals surface area contributed by atoms with E-state index in [9.17, 15) is 0 Å². The molecule has 1 heterocycles. The van der Waals surface area contributed by atoms with Crippen LogP contribution in [-0.2, 0) is 6.54 Å². The fourth-order valence-electron chi connectivity index (χ4n) is 1.81. The molecule has 0 unspecified atom stereocenters. The lowest BCUT2D eigenvalue weighted by atomic mass is 10.3. The van der Waals surface area contributed by atoms with Crippen molar-refractivity contribution in [3.05, 3.63) is 42.2 Å². The van der Waals surface area contributed by atoms with E-state index < -0.39 is 0 Å². The van der Waals surface area contributed by atoms with Crippen LogP contribution in [0, 0.1) is 5.92 Å². The van der Waals surface area contributed by atoms with Crippen LogP contribution >= 0.6 is 0 Å². The Morgan fingerprint density at radius 2 is 2.06 bits per heavy atom. The SMILES string of the molecule is c1ccc(-n2cc(CNCC3CC3)nn2)cc1. The Hall–Kier alpha value is -1.68. The summed E-state index contributed by atoms with van der Waals surface area (Å²) in [6.45, 7) is 1.92. The predicted molar refractivity (Wildman–Crippen MR) is 65.8 cm³/mol. The van der Waals surface area contributed by atoms with Crippen molar-refractivity contribution in [3.63, 3.8) is 0 Å². The van der Waals surface area contributed by atoms with E-state index in [1.54, 1.807) is 0 Å². The van der Waals surface area contributed by atoms with E-state index in [1.807, 2.05) is 41.2 Å². The molecule has 4 nitrogen and oxygen atoms in total. The van der Waals surface area contributed by atoms with E-state index in [0.29, 0.717) is 0 Å². The molecule has 3 rings (SSSR count). The highest BCUT2D eigenvalue weighted by Crippen LogP contribution is 2.27. The van der Waals surface area contributed by atoms with Gasteiger partial charge in [0.2, 0.25) is 0 Å². The zero-order valence-electron chi connectivity index (χ0n) is 9.71. The van der Waals surface area contributed by atoms with Gasteiger partial charge < -0.3 is 5.32 Å². The van der Waals surface area contributed by atoms with Gasteiger partial charge in [-0.05, 0) is 37.4 Å². The number of rotatable bonds is 5. The molecule has 0 saturated heterocycles. The second kappa shape index (κ2) is 4.67. The summed E-state index contributed by atoms with van der Waals surface area (Å²) in [5.41, 5.74) is 2.04. The first kappa shape index (κ1) is 10.5. The van der Waals surface area contributed by atoms with Crippen molar-refractivity contribution in [2.24, 2.45) is 5.92 Å². The molecule has 4 heteroatoms. The summed E-state index contributed by atoms with van der Waals surface area (Å²) < 4.78 is 1.81. The molecule has 1 aromatic heterocycles. The molecule has 0 amide bonds. The molecule has 1 aliphatic carbocycles. The summed E-state index contributed by atoms with van der Waals surface area (Å²) >= 11 is 0. The highest BCUT2D eigenvalue weighted by molar-refractivity contribution is 5.29. The normalized spacial score (nSPS) is 15.1. The quantitative estimate of drug-likeness (QED) is 0.848. The van der Waals surface area contributed by atoms with Crippen LogP contribution in [0.3, 0.4) is 0 Å². The van der Waals surface area contributed by atoms with Gasteiger partial charge in [0.05, 0.1) is 17.6 Å². The van der Waals surface area contributed by atoms with Crippen LogP contribution in [0.15, 0.2) is 36.5 Å². The van der Waals surface area contributed by atoms with Crippen molar-refractivity contribution >= 4 is 0 Å². The minimum atomic E-state index is 0.809. The number of nitrogens with one attached hydrogen (secondary N) is 1. The first-order valence-corrected chi connectivity index (χ1v) is 6.09. The van der Waals surface area contributed by atoms with Crippen LogP contribution in [0.25, 0.3) is 5.69 Å². The summed E-state index contributed by atoms with van der Waals surface area (Å²) in [6, 6.07) is 10.1. The molecular formula is C13H16N4. The van der Waals surface area contributed by atoms with E-state index in [-0.39, 0.29) is 0 Å². The van der Waals surface area contributed by atoms with Gasteiger partial charge in [0.15, 0.2) is 0 Å². The van der Waals surface area contributed by atoms with E-state index in [4.69, 9.17) is 0 Å². The van der Waals surface area contributed by atoms with Crippen molar-refractivity contribution in [1.29, 1.82) is 0 Å². The number of para-hydroxylation sites is 1. The fraction of sp³-hybridized carbons (Fsp3) is 0.385. The van der Waals surface area contributed by atoms with Gasteiger partial charge in [-0.1, -0.05) is 23.4 Å². The maximum absolute atomic E-state index is 4.16. The van der Waals surface area contributed by atoms with Gasteiger partial charge in [-0.2, -0.15) is 0 Å². The Bertz CT molecular complexity index is 473. The summed E-state index contributed by atoms with van der Waals surface area (Å²) in [4.78, 5) is 0. The number of hydrogen-bond donors (Lipinski definition) is 1.